The summed E-state index contributed by atoms with van der Waals surface area (Å²) in [5.74, 6) is -1.58. The number of amides is 1. The number of pyridine rings is 1. The molecule has 1 aromatic heterocycles. The second-order valence-electron chi connectivity index (χ2n) is 7.50. The molecular weight excluding hydrogens is 416 g/mol. The van der Waals surface area contributed by atoms with Crippen LogP contribution in [0.2, 0.25) is 0 Å². The van der Waals surface area contributed by atoms with Crippen molar-refractivity contribution >= 4 is 11.5 Å². The predicted molar refractivity (Wildman–Crippen MR) is 119 cm³/mol. The molecule has 0 radical (unpaired) electrons. The third-order valence-corrected chi connectivity index (χ3v) is 5.33. The van der Waals surface area contributed by atoms with Crippen LogP contribution >= 0.6 is 0 Å². The Balaban J connectivity index is 0.000000303. The van der Waals surface area contributed by atoms with Crippen molar-refractivity contribution in [3.8, 4) is 0 Å². The van der Waals surface area contributed by atoms with Gasteiger partial charge in [0.2, 0.25) is 0 Å². The first-order valence-corrected chi connectivity index (χ1v) is 10.7. The van der Waals surface area contributed by atoms with E-state index in [2.05, 4.69) is 10.3 Å². The van der Waals surface area contributed by atoms with Crippen LogP contribution in [0.5, 0.6) is 0 Å². The van der Waals surface area contributed by atoms with E-state index in [0.29, 0.717) is 18.0 Å². The van der Waals surface area contributed by atoms with Gasteiger partial charge in [0, 0.05) is 38.1 Å². The number of rotatable bonds is 6. The van der Waals surface area contributed by atoms with Crippen LogP contribution in [0, 0.1) is 18.6 Å². The number of carbonyl (C=O) groups is 1. The molecule has 0 saturated carbocycles. The largest absolute Gasteiger partial charge is 0.381 e. The molecule has 3 rings (SSSR count). The topological polar surface area (TPSA) is 83.5 Å². The van der Waals surface area contributed by atoms with Gasteiger partial charge in [0.1, 0.15) is 17.3 Å². The molecule has 1 aromatic carbocycles. The van der Waals surface area contributed by atoms with E-state index in [1.165, 1.54) is 12.1 Å². The smallest absolute Gasteiger partial charge is 0.293 e. The molecular formula is C24H31F2N3O3. The Morgan fingerprint density at radius 1 is 1.28 bits per heavy atom. The molecule has 0 spiro atoms. The number of hydrogen-bond donors (Lipinski definition) is 3. The number of allylic oxidation sites excluding steroid dienone is 1. The maximum atomic E-state index is 12.6. The highest BCUT2D eigenvalue weighted by molar-refractivity contribution is 5.92. The normalized spacial score (nSPS) is 14.5. The summed E-state index contributed by atoms with van der Waals surface area (Å²) in [5.41, 5.74) is 5.45. The van der Waals surface area contributed by atoms with Crippen LogP contribution in [-0.2, 0) is 11.2 Å². The molecule has 1 aliphatic rings. The Hall–Kier alpha value is -2.68. The summed E-state index contributed by atoms with van der Waals surface area (Å²) in [5, 5.41) is 12.3. The summed E-state index contributed by atoms with van der Waals surface area (Å²) in [6, 6.07) is 5.80. The lowest BCUT2D eigenvalue weighted by atomic mass is 10.00. The van der Waals surface area contributed by atoms with Crippen molar-refractivity contribution in [2.75, 3.05) is 19.8 Å². The van der Waals surface area contributed by atoms with Gasteiger partial charge in [-0.05, 0) is 67.5 Å². The standard InChI is InChI=1S/C16H23N3O3.C8H8F2/c1-3-12(10-17-13-4-6-22-7-5-13)14-8-15(16(20)19-21)18-9-11(14)2;1-2-6-3-4-7(9)5-8(6)10/h3,8-9,13,17,21H,4-7,10H2,1-2H3,(H,19,20);3-5H,2H2,1H3/b12-3-;. The molecule has 32 heavy (non-hydrogen) atoms. The quantitative estimate of drug-likeness (QED) is 0.457. The zero-order valence-corrected chi connectivity index (χ0v) is 18.8. The maximum absolute atomic E-state index is 12.6. The molecule has 1 fully saturated rings. The zero-order chi connectivity index (χ0) is 23.5. The van der Waals surface area contributed by atoms with E-state index in [4.69, 9.17) is 9.94 Å². The minimum atomic E-state index is -0.603. The number of ether oxygens (including phenoxy) is 1. The number of nitrogens with one attached hydrogen (secondary N) is 2. The van der Waals surface area contributed by atoms with Crippen LogP contribution in [-0.4, -0.2) is 41.9 Å². The molecule has 174 valence electrons. The second-order valence-corrected chi connectivity index (χ2v) is 7.50. The average molecular weight is 448 g/mol. The van der Waals surface area contributed by atoms with Gasteiger partial charge in [-0.1, -0.05) is 19.1 Å². The van der Waals surface area contributed by atoms with Gasteiger partial charge in [0.25, 0.3) is 5.91 Å². The van der Waals surface area contributed by atoms with Crippen LogP contribution in [0.3, 0.4) is 0 Å². The van der Waals surface area contributed by atoms with E-state index in [1.54, 1.807) is 17.7 Å². The summed E-state index contributed by atoms with van der Waals surface area (Å²) < 4.78 is 30.2. The summed E-state index contributed by atoms with van der Waals surface area (Å²) >= 11 is 0. The Morgan fingerprint density at radius 3 is 2.59 bits per heavy atom. The third-order valence-electron chi connectivity index (χ3n) is 5.33. The fraction of sp³-hybridized carbons (Fsp3) is 0.417. The lowest BCUT2D eigenvalue weighted by molar-refractivity contribution is 0.0700. The van der Waals surface area contributed by atoms with E-state index in [9.17, 15) is 13.6 Å². The van der Waals surface area contributed by atoms with Gasteiger partial charge >= 0.3 is 0 Å². The Kier molecular flexibility index (Phi) is 10.4. The van der Waals surface area contributed by atoms with Crippen LogP contribution in [0.25, 0.3) is 5.57 Å². The number of hydrogen-bond acceptors (Lipinski definition) is 5. The highest BCUT2D eigenvalue weighted by atomic mass is 19.1. The highest BCUT2D eigenvalue weighted by Crippen LogP contribution is 2.20. The summed E-state index contributed by atoms with van der Waals surface area (Å²) in [7, 11) is 0. The van der Waals surface area contributed by atoms with Gasteiger partial charge in [-0.25, -0.2) is 14.3 Å². The fourth-order valence-electron chi connectivity index (χ4n) is 3.37. The minimum absolute atomic E-state index is 0.202. The van der Waals surface area contributed by atoms with Gasteiger partial charge in [-0.3, -0.25) is 15.0 Å². The molecule has 2 aromatic rings. The van der Waals surface area contributed by atoms with Crippen molar-refractivity contribution < 1.29 is 23.5 Å². The van der Waals surface area contributed by atoms with E-state index in [-0.39, 0.29) is 5.69 Å². The number of benzene rings is 1. The van der Waals surface area contributed by atoms with E-state index >= 15 is 0 Å². The van der Waals surface area contributed by atoms with Gasteiger partial charge in [0.15, 0.2) is 0 Å². The molecule has 0 unspecified atom stereocenters. The van der Waals surface area contributed by atoms with Crippen molar-refractivity contribution in [2.24, 2.45) is 0 Å². The van der Waals surface area contributed by atoms with Crippen molar-refractivity contribution in [3.63, 3.8) is 0 Å². The molecule has 0 atom stereocenters. The summed E-state index contributed by atoms with van der Waals surface area (Å²) in [4.78, 5) is 15.6. The SMILES string of the molecule is C/C=C(/CNC1CCOCC1)c1cc(C(=O)NO)ncc1C.CCc1ccc(F)cc1F. The van der Waals surface area contributed by atoms with Gasteiger partial charge < -0.3 is 10.1 Å². The number of hydroxylamine groups is 1. The number of halogens is 2. The Bertz CT molecular complexity index is 929. The molecule has 8 heteroatoms. The highest BCUT2D eigenvalue weighted by Gasteiger charge is 2.15. The number of nitrogens with zero attached hydrogens (tertiary/aromatic N) is 1. The first kappa shape index (κ1) is 25.6. The molecule has 3 N–H and O–H groups in total. The van der Waals surface area contributed by atoms with Gasteiger partial charge in [-0.15, -0.1) is 0 Å². The lowest BCUT2D eigenvalue weighted by Crippen LogP contribution is -2.35. The first-order chi connectivity index (χ1) is 15.4. The van der Waals surface area contributed by atoms with Crippen LogP contribution in [0.4, 0.5) is 8.78 Å². The van der Waals surface area contributed by atoms with E-state index < -0.39 is 17.5 Å². The molecule has 0 aliphatic carbocycles. The maximum Gasteiger partial charge on any atom is 0.293 e. The summed E-state index contributed by atoms with van der Waals surface area (Å²) in [6.45, 7) is 8.10. The Labute approximate surface area is 187 Å². The van der Waals surface area contributed by atoms with Crippen molar-refractivity contribution in [2.45, 2.75) is 46.1 Å². The van der Waals surface area contributed by atoms with Gasteiger partial charge in [0.05, 0.1) is 0 Å². The average Bonchev–Trinajstić information content (AvgIpc) is 2.81. The number of carbonyl (C=O) groups excluding carboxylic acids is 1. The van der Waals surface area contributed by atoms with Crippen molar-refractivity contribution in [3.05, 3.63) is 70.6 Å². The van der Waals surface area contributed by atoms with Crippen LogP contribution < -0.4 is 10.8 Å². The monoisotopic (exact) mass is 447 g/mol. The number of aryl methyl sites for hydroxylation is 2. The van der Waals surface area contributed by atoms with E-state index in [1.807, 2.05) is 26.8 Å². The third kappa shape index (κ3) is 7.47. The second kappa shape index (κ2) is 13.0. The number of aromatic nitrogens is 1. The van der Waals surface area contributed by atoms with Gasteiger partial charge in [-0.2, -0.15) is 0 Å². The van der Waals surface area contributed by atoms with Crippen LogP contribution in [0.15, 0.2) is 36.5 Å². The molecule has 0 bridgehead atoms. The molecule has 6 nitrogen and oxygen atoms in total. The molecule has 1 amide bonds. The van der Waals surface area contributed by atoms with E-state index in [0.717, 1.165) is 55.4 Å². The predicted octanol–water partition coefficient (Wildman–Crippen LogP) is 4.21. The Morgan fingerprint density at radius 2 is 2.00 bits per heavy atom. The molecule has 2 heterocycles. The summed E-state index contributed by atoms with van der Waals surface area (Å²) in [6.07, 6.45) is 6.33. The molecule has 1 saturated heterocycles. The van der Waals surface area contributed by atoms with Crippen molar-refractivity contribution in [1.82, 2.24) is 15.8 Å². The fourth-order valence-corrected chi connectivity index (χ4v) is 3.37. The van der Waals surface area contributed by atoms with Crippen molar-refractivity contribution in [1.29, 1.82) is 0 Å². The zero-order valence-electron chi connectivity index (χ0n) is 18.8. The lowest BCUT2D eigenvalue weighted by Gasteiger charge is -2.24. The first-order valence-electron chi connectivity index (χ1n) is 10.7. The minimum Gasteiger partial charge on any atom is -0.381 e. The molecule has 1 aliphatic heterocycles. The van der Waals surface area contributed by atoms with Crippen LogP contribution in [0.1, 0.15) is 53.9 Å².